The number of benzene rings is 1. The quantitative estimate of drug-likeness (QED) is 0.814. The number of nitrogens with one attached hydrogen (secondary N) is 1. The maximum absolute atomic E-state index is 6.25. The van der Waals surface area contributed by atoms with Gasteiger partial charge in [-0.15, -0.1) is 0 Å². The van der Waals surface area contributed by atoms with E-state index in [0.29, 0.717) is 16.5 Å². The van der Waals surface area contributed by atoms with Crippen LogP contribution in [0.15, 0.2) is 18.2 Å². The summed E-state index contributed by atoms with van der Waals surface area (Å²) in [7, 11) is 1.66. The van der Waals surface area contributed by atoms with Gasteiger partial charge in [-0.3, -0.25) is 0 Å². The average Bonchev–Trinajstić information content (AvgIpc) is 2.51. The van der Waals surface area contributed by atoms with Gasteiger partial charge >= 0.3 is 0 Å². The van der Waals surface area contributed by atoms with Crippen molar-refractivity contribution in [3.05, 3.63) is 28.8 Å². The van der Waals surface area contributed by atoms with Gasteiger partial charge < -0.3 is 10.1 Å². The van der Waals surface area contributed by atoms with Crippen LogP contribution in [0.1, 0.15) is 51.0 Å². The summed E-state index contributed by atoms with van der Waals surface area (Å²) in [4.78, 5) is 0. The molecule has 4 fully saturated rings. The van der Waals surface area contributed by atoms with E-state index in [9.17, 15) is 0 Å². The molecule has 4 aliphatic carbocycles. The Hall–Kier alpha value is -0.730. The van der Waals surface area contributed by atoms with E-state index in [1.54, 1.807) is 7.11 Å². The lowest BCUT2D eigenvalue weighted by molar-refractivity contribution is -0.0706. The van der Waals surface area contributed by atoms with Crippen LogP contribution >= 0.6 is 11.6 Å². The molecule has 3 heteroatoms. The van der Waals surface area contributed by atoms with E-state index in [1.165, 1.54) is 44.1 Å². The van der Waals surface area contributed by atoms with Crippen molar-refractivity contribution in [3.8, 4) is 5.75 Å². The summed E-state index contributed by atoms with van der Waals surface area (Å²) in [5.74, 6) is 3.80. The molecule has 0 heterocycles. The minimum atomic E-state index is 0.561. The molecule has 0 amide bonds. The van der Waals surface area contributed by atoms with Crippen LogP contribution in [0, 0.1) is 23.2 Å². The molecule has 1 unspecified atom stereocenters. The van der Waals surface area contributed by atoms with Crippen LogP contribution in [0.3, 0.4) is 0 Å². The van der Waals surface area contributed by atoms with Crippen LogP contribution in [0.5, 0.6) is 5.75 Å². The third-order valence-corrected chi connectivity index (χ3v) is 7.13. The molecule has 0 aromatic heterocycles. The molecule has 126 valence electrons. The van der Waals surface area contributed by atoms with Gasteiger partial charge in [0.15, 0.2) is 0 Å². The molecule has 0 saturated heterocycles. The Morgan fingerprint density at radius 1 is 1.17 bits per heavy atom. The normalized spacial score (nSPS) is 36.2. The fourth-order valence-electron chi connectivity index (χ4n) is 6.02. The first-order chi connectivity index (χ1) is 11.1. The molecular weight excluding hydrogens is 306 g/mol. The third-order valence-electron chi connectivity index (χ3n) is 6.83. The van der Waals surface area contributed by atoms with E-state index in [-0.39, 0.29) is 0 Å². The molecule has 1 atom stereocenters. The number of hydrogen-bond donors (Lipinski definition) is 1. The fraction of sp³-hybridized carbons (Fsp3) is 0.700. The summed E-state index contributed by atoms with van der Waals surface area (Å²) in [6, 6.07) is 6.70. The van der Waals surface area contributed by atoms with E-state index < -0.39 is 0 Å². The molecular formula is C20H28ClNO. The highest BCUT2D eigenvalue weighted by Gasteiger charge is 2.52. The summed E-state index contributed by atoms with van der Waals surface area (Å²) in [5, 5.41) is 4.52. The molecule has 5 rings (SSSR count). The minimum Gasteiger partial charge on any atom is -0.495 e. The summed E-state index contributed by atoms with van der Waals surface area (Å²) < 4.78 is 5.24. The SMILES string of the molecule is COc1ccc(CNC(C)C23CC4CC(CC(C4)C2)C3)cc1Cl. The number of methoxy groups -OCH3 is 1. The Morgan fingerprint density at radius 3 is 2.30 bits per heavy atom. The minimum absolute atomic E-state index is 0.561. The zero-order valence-electron chi connectivity index (χ0n) is 14.3. The molecule has 0 aliphatic heterocycles. The van der Waals surface area contributed by atoms with Gasteiger partial charge in [-0.1, -0.05) is 17.7 Å². The van der Waals surface area contributed by atoms with Crippen molar-refractivity contribution < 1.29 is 4.74 Å². The second-order valence-corrected chi connectivity index (χ2v) is 8.76. The van der Waals surface area contributed by atoms with Crippen LogP contribution in [0.4, 0.5) is 0 Å². The molecule has 4 aliphatic rings. The molecule has 1 aromatic carbocycles. The van der Waals surface area contributed by atoms with Crippen LogP contribution < -0.4 is 10.1 Å². The first kappa shape index (κ1) is 15.8. The summed E-state index contributed by atoms with van der Waals surface area (Å²) in [5.41, 5.74) is 1.80. The predicted molar refractivity (Wildman–Crippen MR) is 94.9 cm³/mol. The standard InChI is InChI=1S/C20H28ClNO/c1-13(22-12-14-3-4-19(23-2)18(21)8-14)20-9-15-5-16(10-20)7-17(6-15)11-20/h3-4,8,13,15-17,22H,5-7,9-12H2,1-2H3. The second kappa shape index (κ2) is 5.97. The van der Waals surface area contributed by atoms with Crippen LogP contribution in [-0.2, 0) is 6.54 Å². The summed E-state index contributed by atoms with van der Waals surface area (Å²) in [6.07, 6.45) is 8.91. The van der Waals surface area contributed by atoms with Gasteiger partial charge in [0, 0.05) is 12.6 Å². The van der Waals surface area contributed by atoms with Crippen molar-refractivity contribution in [2.75, 3.05) is 7.11 Å². The molecule has 0 spiro atoms. The summed E-state index contributed by atoms with van der Waals surface area (Å²) in [6.45, 7) is 3.31. The Balaban J connectivity index is 1.42. The number of rotatable bonds is 5. The zero-order chi connectivity index (χ0) is 16.0. The average molecular weight is 334 g/mol. The van der Waals surface area contributed by atoms with E-state index in [2.05, 4.69) is 18.3 Å². The topological polar surface area (TPSA) is 21.3 Å². The van der Waals surface area contributed by atoms with Crippen molar-refractivity contribution in [1.82, 2.24) is 5.32 Å². The largest absolute Gasteiger partial charge is 0.495 e. The Kier molecular flexibility index (Phi) is 4.09. The second-order valence-electron chi connectivity index (χ2n) is 8.35. The Morgan fingerprint density at radius 2 is 1.78 bits per heavy atom. The number of hydrogen-bond acceptors (Lipinski definition) is 2. The van der Waals surface area contributed by atoms with Gasteiger partial charge in [0.2, 0.25) is 0 Å². The fourth-order valence-corrected chi connectivity index (χ4v) is 6.30. The maximum atomic E-state index is 6.25. The first-order valence-electron chi connectivity index (χ1n) is 9.14. The lowest BCUT2D eigenvalue weighted by Crippen LogP contribution is -2.54. The lowest BCUT2D eigenvalue weighted by atomic mass is 9.48. The molecule has 1 aromatic rings. The van der Waals surface area contributed by atoms with Crippen molar-refractivity contribution in [3.63, 3.8) is 0 Å². The molecule has 4 saturated carbocycles. The van der Waals surface area contributed by atoms with E-state index in [0.717, 1.165) is 30.0 Å². The molecule has 4 bridgehead atoms. The highest BCUT2D eigenvalue weighted by molar-refractivity contribution is 6.32. The lowest BCUT2D eigenvalue weighted by Gasteiger charge is -2.59. The zero-order valence-corrected chi connectivity index (χ0v) is 15.0. The number of halogens is 1. The van der Waals surface area contributed by atoms with Crippen molar-refractivity contribution >= 4 is 11.6 Å². The smallest absolute Gasteiger partial charge is 0.137 e. The highest BCUT2D eigenvalue weighted by Crippen LogP contribution is 2.61. The van der Waals surface area contributed by atoms with Crippen molar-refractivity contribution in [2.45, 2.75) is 58.0 Å². The van der Waals surface area contributed by atoms with Crippen LogP contribution in [0.25, 0.3) is 0 Å². The van der Waals surface area contributed by atoms with Gasteiger partial charge in [0.1, 0.15) is 5.75 Å². The van der Waals surface area contributed by atoms with E-state index in [1.807, 2.05) is 12.1 Å². The van der Waals surface area contributed by atoms with Crippen LogP contribution in [0.2, 0.25) is 5.02 Å². The summed E-state index contributed by atoms with van der Waals surface area (Å²) >= 11 is 6.25. The molecule has 23 heavy (non-hydrogen) atoms. The van der Waals surface area contributed by atoms with Crippen LogP contribution in [-0.4, -0.2) is 13.2 Å². The van der Waals surface area contributed by atoms with Crippen molar-refractivity contribution in [2.24, 2.45) is 23.2 Å². The Bertz CT molecular complexity index is 550. The molecule has 2 nitrogen and oxygen atoms in total. The van der Waals surface area contributed by atoms with Gasteiger partial charge in [0.05, 0.1) is 12.1 Å². The first-order valence-corrected chi connectivity index (χ1v) is 9.51. The van der Waals surface area contributed by atoms with Gasteiger partial charge in [0.25, 0.3) is 0 Å². The Labute approximate surface area is 144 Å². The monoisotopic (exact) mass is 333 g/mol. The molecule has 0 radical (unpaired) electrons. The van der Waals surface area contributed by atoms with E-state index >= 15 is 0 Å². The van der Waals surface area contributed by atoms with Gasteiger partial charge in [-0.2, -0.15) is 0 Å². The van der Waals surface area contributed by atoms with Gasteiger partial charge in [-0.05, 0) is 86.3 Å². The maximum Gasteiger partial charge on any atom is 0.137 e. The highest BCUT2D eigenvalue weighted by atomic mass is 35.5. The number of ether oxygens (including phenoxy) is 1. The van der Waals surface area contributed by atoms with Gasteiger partial charge in [-0.25, -0.2) is 0 Å². The predicted octanol–water partition coefficient (Wildman–Crippen LogP) is 5.04. The molecule has 1 N–H and O–H groups in total. The third kappa shape index (κ3) is 2.89. The van der Waals surface area contributed by atoms with Crippen molar-refractivity contribution in [1.29, 1.82) is 0 Å². The van der Waals surface area contributed by atoms with E-state index in [4.69, 9.17) is 16.3 Å².